The molecule has 1 aliphatic heterocycles. The number of carbonyl (C=O) groups is 2. The van der Waals surface area contributed by atoms with Crippen LogP contribution in [0.1, 0.15) is 27.0 Å². The Morgan fingerprint density at radius 1 is 1.16 bits per heavy atom. The molecule has 4 nitrogen and oxygen atoms in total. The van der Waals surface area contributed by atoms with E-state index >= 15 is 0 Å². The second-order valence-corrected chi connectivity index (χ2v) is 7.40. The van der Waals surface area contributed by atoms with Gasteiger partial charge in [0.1, 0.15) is 0 Å². The maximum Gasteiger partial charge on any atom is 0.335 e. The molecule has 0 aromatic heterocycles. The average molecular weight is 369 g/mol. The normalized spacial score (nSPS) is 15.9. The molecule has 25 heavy (non-hydrogen) atoms. The van der Waals surface area contributed by atoms with Crippen molar-refractivity contribution in [3.63, 3.8) is 0 Å². The molecule has 1 N–H and O–H groups in total. The van der Waals surface area contributed by atoms with Crippen LogP contribution in [0, 0.1) is 13.8 Å². The molecule has 1 saturated heterocycles. The first-order valence-electron chi connectivity index (χ1n) is 7.55. The predicted molar refractivity (Wildman–Crippen MR) is 105 cm³/mol. The Morgan fingerprint density at radius 3 is 2.48 bits per heavy atom. The largest absolute Gasteiger partial charge is 0.478 e. The molecule has 2 aromatic rings. The summed E-state index contributed by atoms with van der Waals surface area (Å²) in [5.41, 5.74) is 3.93. The molecule has 0 atom stereocenters. The van der Waals surface area contributed by atoms with Crippen LogP contribution in [0.2, 0.25) is 0 Å². The number of rotatable bonds is 3. The lowest BCUT2D eigenvalue weighted by Gasteiger charge is -2.14. The molecule has 0 bridgehead atoms. The van der Waals surface area contributed by atoms with Crippen LogP contribution in [0.15, 0.2) is 47.4 Å². The van der Waals surface area contributed by atoms with Crippen LogP contribution >= 0.6 is 24.0 Å². The predicted octanol–water partition coefficient (Wildman–Crippen LogP) is 4.41. The van der Waals surface area contributed by atoms with E-state index in [2.05, 4.69) is 0 Å². The number of carboxylic acid groups (broad SMARTS) is 1. The summed E-state index contributed by atoms with van der Waals surface area (Å²) in [6.07, 6.45) is 1.85. The number of thiocarbonyl (C=S) groups is 1. The number of hydrogen-bond acceptors (Lipinski definition) is 4. The van der Waals surface area contributed by atoms with Crippen LogP contribution in [0.25, 0.3) is 6.08 Å². The molecule has 1 amide bonds. The van der Waals surface area contributed by atoms with Crippen LogP contribution in [-0.4, -0.2) is 21.3 Å². The molecule has 6 heteroatoms. The summed E-state index contributed by atoms with van der Waals surface area (Å²) in [4.78, 5) is 25.7. The van der Waals surface area contributed by atoms with Gasteiger partial charge in [0.15, 0.2) is 4.32 Å². The van der Waals surface area contributed by atoms with Gasteiger partial charge in [-0.25, -0.2) is 4.79 Å². The summed E-state index contributed by atoms with van der Waals surface area (Å²) in [6, 6.07) is 12.2. The van der Waals surface area contributed by atoms with Crippen molar-refractivity contribution < 1.29 is 14.7 Å². The Balaban J connectivity index is 1.93. The van der Waals surface area contributed by atoms with E-state index in [-0.39, 0.29) is 11.5 Å². The highest BCUT2D eigenvalue weighted by Crippen LogP contribution is 2.36. The molecule has 1 fully saturated rings. The van der Waals surface area contributed by atoms with Gasteiger partial charge in [0, 0.05) is 0 Å². The standard InChI is InChI=1S/C19H15NO3S2/c1-11-3-4-12(2)14(9-11)10-16-17(21)20(19(24)25-16)15-7-5-13(6-8-15)18(22)23/h3-10H,1-2H3,(H,22,23)/b16-10-. The molecule has 0 spiro atoms. The molecule has 1 heterocycles. The fraction of sp³-hybridized carbons (Fsp3) is 0.105. The van der Waals surface area contributed by atoms with Crippen molar-refractivity contribution in [2.45, 2.75) is 13.8 Å². The molecular weight excluding hydrogens is 354 g/mol. The Hall–Kier alpha value is -2.44. The van der Waals surface area contributed by atoms with Gasteiger partial charge in [-0.05, 0) is 55.3 Å². The second-order valence-electron chi connectivity index (χ2n) is 5.73. The zero-order valence-corrected chi connectivity index (χ0v) is 15.3. The van der Waals surface area contributed by atoms with Crippen LogP contribution in [0.5, 0.6) is 0 Å². The van der Waals surface area contributed by atoms with E-state index in [9.17, 15) is 9.59 Å². The number of nitrogens with zero attached hydrogens (tertiary/aromatic N) is 1. The minimum Gasteiger partial charge on any atom is -0.478 e. The monoisotopic (exact) mass is 369 g/mol. The number of anilines is 1. The van der Waals surface area contributed by atoms with Gasteiger partial charge < -0.3 is 5.11 Å². The van der Waals surface area contributed by atoms with Crippen LogP contribution in [0.4, 0.5) is 5.69 Å². The first kappa shape index (κ1) is 17.4. The van der Waals surface area contributed by atoms with Crippen molar-refractivity contribution in [3.05, 3.63) is 69.6 Å². The van der Waals surface area contributed by atoms with Crippen molar-refractivity contribution in [2.75, 3.05) is 4.90 Å². The number of carbonyl (C=O) groups excluding carboxylic acids is 1. The molecule has 0 radical (unpaired) electrons. The Morgan fingerprint density at radius 2 is 1.84 bits per heavy atom. The van der Waals surface area contributed by atoms with Gasteiger partial charge >= 0.3 is 5.97 Å². The minimum absolute atomic E-state index is 0.167. The lowest BCUT2D eigenvalue weighted by Crippen LogP contribution is -2.27. The van der Waals surface area contributed by atoms with Crippen LogP contribution < -0.4 is 4.90 Å². The Kier molecular flexibility index (Phi) is 4.74. The topological polar surface area (TPSA) is 57.6 Å². The first-order chi connectivity index (χ1) is 11.9. The summed E-state index contributed by atoms with van der Waals surface area (Å²) in [5.74, 6) is -1.20. The quantitative estimate of drug-likeness (QED) is 0.642. The van der Waals surface area contributed by atoms with Crippen LogP contribution in [-0.2, 0) is 4.79 Å². The Bertz CT molecular complexity index is 917. The van der Waals surface area contributed by atoms with Crippen molar-refractivity contribution in [2.24, 2.45) is 0 Å². The lowest BCUT2D eigenvalue weighted by molar-refractivity contribution is -0.113. The van der Waals surface area contributed by atoms with Crippen molar-refractivity contribution >= 4 is 51.9 Å². The van der Waals surface area contributed by atoms with E-state index in [1.165, 1.54) is 28.8 Å². The van der Waals surface area contributed by atoms with E-state index in [4.69, 9.17) is 17.3 Å². The van der Waals surface area contributed by atoms with Crippen LogP contribution in [0.3, 0.4) is 0 Å². The molecule has 2 aromatic carbocycles. The van der Waals surface area contributed by atoms with E-state index in [1.807, 2.05) is 38.1 Å². The fourth-order valence-corrected chi connectivity index (χ4v) is 3.79. The molecule has 0 unspecified atom stereocenters. The minimum atomic E-state index is -1.01. The van der Waals surface area contributed by atoms with Gasteiger partial charge in [0.05, 0.1) is 16.2 Å². The van der Waals surface area contributed by atoms with E-state index < -0.39 is 5.97 Å². The van der Waals surface area contributed by atoms with E-state index in [1.54, 1.807) is 12.1 Å². The maximum atomic E-state index is 12.8. The summed E-state index contributed by atoms with van der Waals surface area (Å²) in [7, 11) is 0. The lowest BCUT2D eigenvalue weighted by atomic mass is 10.1. The zero-order chi connectivity index (χ0) is 18.1. The van der Waals surface area contributed by atoms with Gasteiger partial charge in [0.2, 0.25) is 0 Å². The van der Waals surface area contributed by atoms with Gasteiger partial charge in [-0.3, -0.25) is 9.69 Å². The fourth-order valence-electron chi connectivity index (χ4n) is 2.50. The van der Waals surface area contributed by atoms with Gasteiger partial charge in [-0.1, -0.05) is 47.7 Å². The molecular formula is C19H15NO3S2. The number of aromatic carboxylic acids is 1. The maximum absolute atomic E-state index is 12.8. The summed E-state index contributed by atoms with van der Waals surface area (Å²) in [6.45, 7) is 4.00. The highest BCUT2D eigenvalue weighted by Gasteiger charge is 2.33. The van der Waals surface area contributed by atoms with Crippen molar-refractivity contribution in [3.8, 4) is 0 Å². The molecule has 1 aliphatic rings. The smallest absolute Gasteiger partial charge is 0.335 e. The number of thioether (sulfide) groups is 1. The van der Waals surface area contributed by atoms with Gasteiger partial charge in [0.25, 0.3) is 5.91 Å². The third kappa shape index (κ3) is 3.50. The highest BCUT2D eigenvalue weighted by atomic mass is 32.2. The summed E-state index contributed by atoms with van der Waals surface area (Å²) >= 11 is 6.60. The first-order valence-corrected chi connectivity index (χ1v) is 8.78. The van der Waals surface area contributed by atoms with E-state index in [0.29, 0.717) is 14.9 Å². The number of amides is 1. The number of hydrogen-bond donors (Lipinski definition) is 1. The third-order valence-electron chi connectivity index (χ3n) is 3.89. The second kappa shape index (κ2) is 6.82. The summed E-state index contributed by atoms with van der Waals surface area (Å²) in [5, 5.41) is 8.98. The molecule has 3 rings (SSSR count). The van der Waals surface area contributed by atoms with Gasteiger partial charge in [-0.2, -0.15) is 0 Å². The third-order valence-corrected chi connectivity index (χ3v) is 5.19. The number of aryl methyl sites for hydroxylation is 2. The van der Waals surface area contributed by atoms with E-state index in [0.717, 1.165) is 16.7 Å². The SMILES string of the molecule is Cc1ccc(C)c(/C=C2\SC(=S)N(c3ccc(C(=O)O)cc3)C2=O)c1. The Labute approximate surface area is 155 Å². The van der Waals surface area contributed by atoms with Crippen molar-refractivity contribution in [1.29, 1.82) is 0 Å². The van der Waals surface area contributed by atoms with Crippen molar-refractivity contribution in [1.82, 2.24) is 0 Å². The molecule has 126 valence electrons. The summed E-state index contributed by atoms with van der Waals surface area (Å²) < 4.78 is 0.435. The van der Waals surface area contributed by atoms with Gasteiger partial charge in [-0.15, -0.1) is 0 Å². The number of carboxylic acids is 1. The molecule has 0 aliphatic carbocycles. The molecule has 0 saturated carbocycles. The number of benzene rings is 2. The average Bonchev–Trinajstić information content (AvgIpc) is 2.85. The highest BCUT2D eigenvalue weighted by molar-refractivity contribution is 8.27. The zero-order valence-electron chi connectivity index (χ0n) is 13.6.